The first-order valence-corrected chi connectivity index (χ1v) is 6.20. The third-order valence-corrected chi connectivity index (χ3v) is 3.24. The lowest BCUT2D eigenvalue weighted by atomic mass is 10.1. The molecule has 1 rings (SSSR count). The molecule has 1 aromatic rings. The van der Waals surface area contributed by atoms with Gasteiger partial charge in [-0.15, -0.1) is 0 Å². The predicted octanol–water partition coefficient (Wildman–Crippen LogP) is 0.343. The molecule has 1 heterocycles. The van der Waals surface area contributed by atoms with E-state index in [9.17, 15) is 4.79 Å². The Morgan fingerprint density at radius 1 is 1.61 bits per heavy atom. The van der Waals surface area contributed by atoms with Gasteiger partial charge in [0, 0.05) is 20.6 Å². The average molecular weight is 317 g/mol. The van der Waals surface area contributed by atoms with E-state index in [0.717, 1.165) is 0 Å². The van der Waals surface area contributed by atoms with Gasteiger partial charge in [0.25, 0.3) is 0 Å². The fraction of sp³-hybridized carbons (Fsp3) is 0.500. The molecule has 7 nitrogen and oxygen atoms in total. The summed E-state index contributed by atoms with van der Waals surface area (Å²) in [5, 5.41) is 2.62. The first-order chi connectivity index (χ1) is 8.51. The number of anilines is 2. The van der Waals surface area contributed by atoms with Crippen molar-refractivity contribution in [2.75, 3.05) is 31.0 Å². The number of hydrogen-bond acceptors (Lipinski definition) is 6. The molecular weight excluding hydrogens is 300 g/mol. The third kappa shape index (κ3) is 3.30. The molecule has 1 amide bonds. The van der Waals surface area contributed by atoms with Crippen LogP contribution in [0.1, 0.15) is 6.92 Å². The van der Waals surface area contributed by atoms with Crippen molar-refractivity contribution in [1.82, 2.24) is 15.3 Å². The zero-order valence-electron chi connectivity index (χ0n) is 10.6. The van der Waals surface area contributed by atoms with Gasteiger partial charge in [0.2, 0.25) is 5.91 Å². The molecule has 0 aliphatic carbocycles. The van der Waals surface area contributed by atoms with Gasteiger partial charge in [-0.3, -0.25) is 4.79 Å². The summed E-state index contributed by atoms with van der Waals surface area (Å²) in [5.41, 5.74) is 2.47. The molecule has 4 N–H and O–H groups in total. The maximum Gasteiger partial charge on any atom is 0.224 e. The van der Waals surface area contributed by atoms with Crippen molar-refractivity contribution in [2.24, 2.45) is 11.8 Å². The van der Waals surface area contributed by atoms with Crippen molar-refractivity contribution < 1.29 is 4.79 Å². The van der Waals surface area contributed by atoms with Gasteiger partial charge in [-0.1, -0.05) is 6.92 Å². The number of rotatable bonds is 5. The molecule has 0 radical (unpaired) electrons. The van der Waals surface area contributed by atoms with E-state index in [2.05, 4.69) is 36.6 Å². The van der Waals surface area contributed by atoms with E-state index in [1.165, 1.54) is 6.33 Å². The monoisotopic (exact) mass is 316 g/mol. The number of aromatic nitrogens is 2. The summed E-state index contributed by atoms with van der Waals surface area (Å²) in [5.74, 6) is 6.36. The first kappa shape index (κ1) is 14.7. The SMILES string of the molecule is CNC(=O)C(C)CN(C)c1ncnc(NN)c1Br. The van der Waals surface area contributed by atoms with Gasteiger partial charge >= 0.3 is 0 Å². The Kier molecular flexibility index (Phi) is 5.29. The second-order valence-corrected chi connectivity index (χ2v) is 4.69. The number of halogens is 1. The van der Waals surface area contributed by atoms with Crippen LogP contribution in [0.3, 0.4) is 0 Å². The molecule has 1 atom stereocenters. The van der Waals surface area contributed by atoms with E-state index in [-0.39, 0.29) is 11.8 Å². The minimum atomic E-state index is -0.142. The molecule has 100 valence electrons. The number of nitrogens with one attached hydrogen (secondary N) is 2. The van der Waals surface area contributed by atoms with E-state index in [4.69, 9.17) is 5.84 Å². The molecular formula is C10H17BrN6O. The number of hydrogen-bond donors (Lipinski definition) is 3. The number of hydrazine groups is 1. The largest absolute Gasteiger partial charge is 0.359 e. The summed E-state index contributed by atoms with van der Waals surface area (Å²) in [4.78, 5) is 21.5. The van der Waals surface area contributed by atoms with Crippen LogP contribution in [0, 0.1) is 5.92 Å². The standard InChI is InChI=1S/C10H17BrN6O/c1-6(10(18)13-2)4-17(3)9-7(11)8(16-12)14-5-15-9/h5-6H,4,12H2,1-3H3,(H,13,18)(H,14,15,16). The summed E-state index contributed by atoms with van der Waals surface area (Å²) >= 11 is 3.38. The highest BCUT2D eigenvalue weighted by Gasteiger charge is 2.17. The van der Waals surface area contributed by atoms with Gasteiger partial charge < -0.3 is 15.6 Å². The lowest BCUT2D eigenvalue weighted by Gasteiger charge is -2.23. The van der Waals surface area contributed by atoms with Gasteiger partial charge in [-0.05, 0) is 15.9 Å². The quantitative estimate of drug-likeness (QED) is 0.535. The number of carbonyl (C=O) groups is 1. The van der Waals surface area contributed by atoms with Crippen LogP contribution in [-0.2, 0) is 4.79 Å². The van der Waals surface area contributed by atoms with E-state index in [0.29, 0.717) is 22.7 Å². The molecule has 0 saturated carbocycles. The number of nitrogen functional groups attached to an aromatic ring is 1. The maximum absolute atomic E-state index is 11.5. The Morgan fingerprint density at radius 2 is 2.28 bits per heavy atom. The Labute approximate surface area is 114 Å². The zero-order chi connectivity index (χ0) is 13.7. The topological polar surface area (TPSA) is 96.2 Å². The van der Waals surface area contributed by atoms with Crippen molar-refractivity contribution in [3.05, 3.63) is 10.8 Å². The summed E-state index contributed by atoms with van der Waals surface area (Å²) < 4.78 is 0.666. The highest BCUT2D eigenvalue weighted by atomic mass is 79.9. The molecule has 8 heteroatoms. The van der Waals surface area contributed by atoms with E-state index in [1.807, 2.05) is 18.9 Å². The number of nitrogens with two attached hydrogens (primary N) is 1. The zero-order valence-corrected chi connectivity index (χ0v) is 12.2. The summed E-state index contributed by atoms with van der Waals surface area (Å²) in [6.07, 6.45) is 1.41. The highest BCUT2D eigenvalue weighted by molar-refractivity contribution is 9.10. The van der Waals surface area contributed by atoms with E-state index < -0.39 is 0 Å². The molecule has 0 saturated heterocycles. The molecule has 0 aromatic carbocycles. The van der Waals surface area contributed by atoms with Gasteiger partial charge in [0.05, 0.1) is 5.92 Å². The Balaban J connectivity index is 2.84. The van der Waals surface area contributed by atoms with Crippen LogP contribution in [0.2, 0.25) is 0 Å². The van der Waals surface area contributed by atoms with Crippen molar-refractivity contribution in [3.8, 4) is 0 Å². The van der Waals surface area contributed by atoms with E-state index in [1.54, 1.807) is 7.05 Å². The molecule has 1 aromatic heterocycles. The number of carbonyl (C=O) groups excluding carboxylic acids is 1. The van der Waals surface area contributed by atoms with Crippen molar-refractivity contribution in [2.45, 2.75) is 6.92 Å². The number of nitrogens with zero attached hydrogens (tertiary/aromatic N) is 3. The third-order valence-electron chi connectivity index (χ3n) is 2.51. The van der Waals surface area contributed by atoms with Crippen LogP contribution in [0.5, 0.6) is 0 Å². The number of amides is 1. The summed E-state index contributed by atoms with van der Waals surface area (Å²) in [6.45, 7) is 2.39. The summed E-state index contributed by atoms with van der Waals surface area (Å²) in [7, 11) is 3.47. The Bertz CT molecular complexity index is 427. The van der Waals surface area contributed by atoms with Crippen LogP contribution in [-0.4, -0.2) is 36.5 Å². The fourth-order valence-corrected chi connectivity index (χ4v) is 2.18. The van der Waals surface area contributed by atoms with Crippen LogP contribution in [0.15, 0.2) is 10.8 Å². The molecule has 0 spiro atoms. The Morgan fingerprint density at radius 3 is 2.83 bits per heavy atom. The van der Waals surface area contributed by atoms with Crippen molar-refractivity contribution in [3.63, 3.8) is 0 Å². The minimum Gasteiger partial charge on any atom is -0.359 e. The van der Waals surface area contributed by atoms with Crippen molar-refractivity contribution >= 4 is 33.5 Å². The lowest BCUT2D eigenvalue weighted by molar-refractivity contribution is -0.123. The fourth-order valence-electron chi connectivity index (χ4n) is 1.55. The molecule has 0 aliphatic rings. The molecule has 0 fully saturated rings. The smallest absolute Gasteiger partial charge is 0.224 e. The highest BCUT2D eigenvalue weighted by Crippen LogP contribution is 2.28. The molecule has 0 bridgehead atoms. The second-order valence-electron chi connectivity index (χ2n) is 3.90. The van der Waals surface area contributed by atoms with Gasteiger partial charge in [-0.2, -0.15) is 0 Å². The normalized spacial score (nSPS) is 11.8. The predicted molar refractivity (Wildman–Crippen MR) is 74.0 cm³/mol. The van der Waals surface area contributed by atoms with Gasteiger partial charge in [0.1, 0.15) is 16.6 Å². The minimum absolute atomic E-state index is 0.01000. The molecule has 1 unspecified atom stereocenters. The first-order valence-electron chi connectivity index (χ1n) is 5.41. The average Bonchev–Trinajstić information content (AvgIpc) is 2.37. The molecule has 18 heavy (non-hydrogen) atoms. The lowest BCUT2D eigenvalue weighted by Crippen LogP contribution is -2.35. The van der Waals surface area contributed by atoms with E-state index >= 15 is 0 Å². The van der Waals surface area contributed by atoms with Crippen LogP contribution >= 0.6 is 15.9 Å². The van der Waals surface area contributed by atoms with Gasteiger partial charge in [0.15, 0.2) is 5.82 Å². The maximum atomic E-state index is 11.5. The Hall–Kier alpha value is -1.41. The van der Waals surface area contributed by atoms with Crippen LogP contribution < -0.4 is 21.5 Å². The molecule has 0 aliphatic heterocycles. The van der Waals surface area contributed by atoms with Crippen LogP contribution in [0.25, 0.3) is 0 Å². The van der Waals surface area contributed by atoms with Crippen molar-refractivity contribution in [1.29, 1.82) is 0 Å². The summed E-state index contributed by atoms with van der Waals surface area (Å²) in [6, 6.07) is 0. The van der Waals surface area contributed by atoms with Gasteiger partial charge in [-0.25, -0.2) is 15.8 Å². The second kappa shape index (κ2) is 6.50. The van der Waals surface area contributed by atoms with Crippen LogP contribution in [0.4, 0.5) is 11.6 Å².